The van der Waals surface area contributed by atoms with Crippen LogP contribution in [0, 0.1) is 0 Å². The fourth-order valence-electron chi connectivity index (χ4n) is 2.76. The lowest BCUT2D eigenvalue weighted by Gasteiger charge is -2.27. The van der Waals surface area contributed by atoms with Crippen LogP contribution >= 0.6 is 0 Å². The fraction of sp³-hybridized carbons (Fsp3) is 0.737. The van der Waals surface area contributed by atoms with E-state index in [0.717, 1.165) is 6.92 Å². The molecule has 0 saturated carbocycles. The van der Waals surface area contributed by atoms with Crippen LogP contribution in [0.1, 0.15) is 46.0 Å². The Kier molecular flexibility index (Phi) is 13.8. The van der Waals surface area contributed by atoms with Gasteiger partial charge in [0, 0.05) is 6.42 Å². The van der Waals surface area contributed by atoms with Crippen molar-refractivity contribution in [3.63, 3.8) is 0 Å². The second-order valence-electron chi connectivity index (χ2n) is 7.75. The number of unbranched alkanes of at least 4 members (excludes halogenated alkanes) is 1. The van der Waals surface area contributed by atoms with E-state index in [4.69, 9.17) is 22.3 Å². The van der Waals surface area contributed by atoms with Gasteiger partial charge in [-0.05, 0) is 46.1 Å². The number of carbonyl (C=O) groups is 5. The molecule has 0 aromatic carbocycles. The molecule has 6 unspecified atom stereocenters. The van der Waals surface area contributed by atoms with E-state index >= 15 is 0 Å². The van der Waals surface area contributed by atoms with Crippen LogP contribution in [-0.4, -0.2) is 87.8 Å². The Morgan fingerprint density at radius 2 is 1.36 bits per heavy atom. The summed E-state index contributed by atoms with van der Waals surface area (Å²) >= 11 is 0. The summed E-state index contributed by atoms with van der Waals surface area (Å²) in [5.74, 6) is -4.74. The maximum absolute atomic E-state index is 12.8. The van der Waals surface area contributed by atoms with E-state index in [-0.39, 0.29) is 19.3 Å². The maximum atomic E-state index is 12.8. The molecule has 0 spiro atoms. The molecule has 33 heavy (non-hydrogen) atoms. The lowest BCUT2D eigenvalue weighted by atomic mass is 10.0. The molecule has 0 aromatic rings. The highest BCUT2D eigenvalue weighted by molar-refractivity contribution is 5.94. The van der Waals surface area contributed by atoms with Gasteiger partial charge in [-0.1, -0.05) is 0 Å². The SMILES string of the molecule is CC(O)C(NC(=O)C(NC(=O)C(CCCCN)NC(=O)C(N)CCC(N)=O)C(C)O)C(=O)O. The minimum absolute atomic E-state index is 0.0348. The number of nitrogens with two attached hydrogens (primary N) is 3. The summed E-state index contributed by atoms with van der Waals surface area (Å²) in [4.78, 5) is 59.7. The largest absolute Gasteiger partial charge is 0.480 e. The molecule has 0 rings (SSSR count). The van der Waals surface area contributed by atoms with E-state index < -0.39 is 66.0 Å². The van der Waals surface area contributed by atoms with Crippen molar-refractivity contribution in [1.82, 2.24) is 16.0 Å². The number of carboxylic acids is 1. The van der Waals surface area contributed by atoms with Gasteiger partial charge in [-0.15, -0.1) is 0 Å². The Morgan fingerprint density at radius 3 is 1.82 bits per heavy atom. The van der Waals surface area contributed by atoms with Crippen molar-refractivity contribution in [1.29, 1.82) is 0 Å². The van der Waals surface area contributed by atoms with Crippen LogP contribution in [0.4, 0.5) is 0 Å². The summed E-state index contributed by atoms with van der Waals surface area (Å²) in [6.07, 6.45) is -1.92. The van der Waals surface area contributed by atoms with Crippen LogP contribution in [0.15, 0.2) is 0 Å². The summed E-state index contributed by atoms with van der Waals surface area (Å²) in [5.41, 5.74) is 16.2. The number of rotatable bonds is 16. The third-order valence-electron chi connectivity index (χ3n) is 4.73. The molecule has 6 atom stereocenters. The van der Waals surface area contributed by atoms with Crippen molar-refractivity contribution < 1.29 is 39.3 Å². The average Bonchev–Trinajstić information content (AvgIpc) is 2.72. The van der Waals surface area contributed by atoms with Crippen molar-refractivity contribution in [3.8, 4) is 0 Å². The summed E-state index contributed by atoms with van der Waals surface area (Å²) in [6, 6.07) is -5.50. The van der Waals surface area contributed by atoms with Gasteiger partial charge in [0.1, 0.15) is 12.1 Å². The molecule has 0 saturated heterocycles. The minimum atomic E-state index is -1.67. The summed E-state index contributed by atoms with van der Waals surface area (Å²) in [6.45, 7) is 2.69. The minimum Gasteiger partial charge on any atom is -0.480 e. The smallest absolute Gasteiger partial charge is 0.328 e. The Labute approximate surface area is 191 Å². The van der Waals surface area contributed by atoms with Crippen LogP contribution < -0.4 is 33.2 Å². The van der Waals surface area contributed by atoms with Gasteiger partial charge in [0.05, 0.1) is 18.2 Å². The zero-order valence-electron chi connectivity index (χ0n) is 18.8. The molecule has 0 aliphatic carbocycles. The van der Waals surface area contributed by atoms with Gasteiger partial charge in [-0.2, -0.15) is 0 Å². The topological polar surface area (TPSA) is 260 Å². The molecule has 0 radical (unpaired) electrons. The first-order valence-corrected chi connectivity index (χ1v) is 10.6. The molecule has 0 fully saturated rings. The quantitative estimate of drug-likeness (QED) is 0.0975. The fourth-order valence-corrected chi connectivity index (χ4v) is 2.76. The lowest BCUT2D eigenvalue weighted by molar-refractivity contribution is -0.146. The Morgan fingerprint density at radius 1 is 0.818 bits per heavy atom. The third-order valence-corrected chi connectivity index (χ3v) is 4.73. The molecule has 0 heterocycles. The number of hydrogen-bond donors (Lipinski definition) is 9. The zero-order chi connectivity index (χ0) is 25.7. The maximum Gasteiger partial charge on any atom is 0.328 e. The van der Waals surface area contributed by atoms with Crippen molar-refractivity contribution in [3.05, 3.63) is 0 Å². The highest BCUT2D eigenvalue weighted by Crippen LogP contribution is 2.05. The average molecular weight is 477 g/mol. The highest BCUT2D eigenvalue weighted by Gasteiger charge is 2.33. The molecule has 12 N–H and O–H groups in total. The van der Waals surface area contributed by atoms with Crippen LogP contribution in [-0.2, 0) is 24.0 Å². The first-order valence-electron chi connectivity index (χ1n) is 10.6. The van der Waals surface area contributed by atoms with Crippen LogP contribution in [0.2, 0.25) is 0 Å². The predicted octanol–water partition coefficient (Wildman–Crippen LogP) is -3.99. The van der Waals surface area contributed by atoms with E-state index in [9.17, 15) is 34.2 Å². The second kappa shape index (κ2) is 15.1. The van der Waals surface area contributed by atoms with Gasteiger partial charge in [0.25, 0.3) is 0 Å². The number of nitrogens with one attached hydrogen (secondary N) is 3. The van der Waals surface area contributed by atoms with E-state index in [1.807, 2.05) is 5.32 Å². The van der Waals surface area contributed by atoms with E-state index in [2.05, 4.69) is 10.6 Å². The summed E-state index contributed by atoms with van der Waals surface area (Å²) in [7, 11) is 0. The lowest BCUT2D eigenvalue weighted by Crippen LogP contribution is -2.60. The number of primary amides is 1. The van der Waals surface area contributed by atoms with Crippen LogP contribution in [0.3, 0.4) is 0 Å². The number of carboxylic acid groups (broad SMARTS) is 1. The molecule has 0 aromatic heterocycles. The molecule has 0 aliphatic rings. The van der Waals surface area contributed by atoms with Gasteiger partial charge in [0.15, 0.2) is 6.04 Å². The van der Waals surface area contributed by atoms with Gasteiger partial charge >= 0.3 is 5.97 Å². The zero-order valence-corrected chi connectivity index (χ0v) is 18.8. The number of hydrogen-bond acceptors (Lipinski definition) is 9. The van der Waals surface area contributed by atoms with Crippen LogP contribution in [0.25, 0.3) is 0 Å². The summed E-state index contributed by atoms with van der Waals surface area (Å²) < 4.78 is 0. The van der Waals surface area contributed by atoms with Gasteiger partial charge < -0.3 is 48.5 Å². The monoisotopic (exact) mass is 476 g/mol. The number of aliphatic hydroxyl groups is 2. The van der Waals surface area contributed by atoms with Gasteiger partial charge in [-0.25, -0.2) is 4.79 Å². The van der Waals surface area contributed by atoms with E-state index in [1.54, 1.807) is 0 Å². The van der Waals surface area contributed by atoms with Gasteiger partial charge in [-0.3, -0.25) is 19.2 Å². The first-order chi connectivity index (χ1) is 15.3. The number of carbonyl (C=O) groups excluding carboxylic acids is 4. The molecular weight excluding hydrogens is 440 g/mol. The summed E-state index contributed by atoms with van der Waals surface area (Å²) in [5, 5.41) is 35.4. The molecule has 0 bridgehead atoms. The van der Waals surface area contributed by atoms with Crippen LogP contribution in [0.5, 0.6) is 0 Å². The van der Waals surface area contributed by atoms with Gasteiger partial charge in [0.2, 0.25) is 23.6 Å². The first kappa shape index (κ1) is 30.2. The molecule has 14 nitrogen and oxygen atoms in total. The Hall–Kier alpha value is -2.81. The number of aliphatic carboxylic acids is 1. The van der Waals surface area contributed by atoms with Crippen molar-refractivity contribution in [2.24, 2.45) is 17.2 Å². The normalized spacial score (nSPS) is 16.4. The number of amides is 4. The molecular formula is C19H36N6O8. The van der Waals surface area contributed by atoms with Crippen molar-refractivity contribution in [2.45, 2.75) is 82.3 Å². The Bertz CT molecular complexity index is 687. The van der Waals surface area contributed by atoms with Crippen molar-refractivity contribution >= 4 is 29.6 Å². The molecule has 0 aliphatic heterocycles. The highest BCUT2D eigenvalue weighted by atomic mass is 16.4. The van der Waals surface area contributed by atoms with E-state index in [1.165, 1.54) is 6.92 Å². The van der Waals surface area contributed by atoms with E-state index in [0.29, 0.717) is 19.4 Å². The van der Waals surface area contributed by atoms with Crippen molar-refractivity contribution in [2.75, 3.05) is 6.54 Å². The second-order valence-corrected chi connectivity index (χ2v) is 7.75. The standard InChI is InChI=1S/C19H36N6O8/c1-9(26)14(18(31)25-15(10(2)27)19(32)33)24-17(30)12(5-3-4-8-20)23-16(29)11(21)6-7-13(22)28/h9-12,14-15,26-27H,3-8,20-21H2,1-2H3,(H2,22,28)(H,23,29)(H,24,30)(H,25,31)(H,32,33). The Balaban J connectivity index is 5.40. The molecule has 4 amide bonds. The molecule has 14 heteroatoms. The molecule has 190 valence electrons. The third kappa shape index (κ3) is 11.6. The predicted molar refractivity (Wildman–Crippen MR) is 116 cm³/mol. The number of aliphatic hydroxyl groups excluding tert-OH is 2.